The number of carbonyl (C=O) groups excluding carboxylic acids is 2. The standard InChI is InChI=1S/C20H28N2O6S/c1-4-27-19(23)18(20(24)28-5-2)13-21-16-8-10-17(11-9-16)29(25,26)22-12-6-7-15(3)14-22/h8-11,13,15,21H,4-7,12,14H2,1-3H3/t15-/m0/s1. The van der Waals surface area contributed by atoms with Gasteiger partial charge in [0.2, 0.25) is 10.0 Å². The fraction of sp³-hybridized carbons (Fsp3) is 0.500. The summed E-state index contributed by atoms with van der Waals surface area (Å²) >= 11 is 0. The molecule has 0 aromatic heterocycles. The fourth-order valence-corrected chi connectivity index (χ4v) is 4.61. The van der Waals surface area contributed by atoms with E-state index in [-0.39, 0.29) is 23.7 Å². The van der Waals surface area contributed by atoms with Gasteiger partial charge in [-0.05, 0) is 56.9 Å². The summed E-state index contributed by atoms with van der Waals surface area (Å²) in [6, 6.07) is 6.15. The number of carbonyl (C=O) groups is 2. The lowest BCUT2D eigenvalue weighted by atomic mass is 10.0. The Morgan fingerprint density at radius 1 is 1.14 bits per heavy atom. The average Bonchev–Trinajstić information content (AvgIpc) is 2.69. The van der Waals surface area contributed by atoms with E-state index in [2.05, 4.69) is 5.32 Å². The lowest BCUT2D eigenvalue weighted by Gasteiger charge is -2.30. The minimum absolute atomic E-state index is 0.122. The molecule has 1 fully saturated rings. The largest absolute Gasteiger partial charge is 0.462 e. The van der Waals surface area contributed by atoms with Crippen molar-refractivity contribution in [3.8, 4) is 0 Å². The highest BCUT2D eigenvalue weighted by molar-refractivity contribution is 7.89. The predicted octanol–water partition coefficient (Wildman–Crippen LogP) is 2.53. The highest BCUT2D eigenvalue weighted by atomic mass is 32.2. The summed E-state index contributed by atoms with van der Waals surface area (Å²) in [4.78, 5) is 24.1. The maximum Gasteiger partial charge on any atom is 0.347 e. The van der Waals surface area contributed by atoms with Crippen LogP contribution in [0.25, 0.3) is 0 Å². The van der Waals surface area contributed by atoms with Gasteiger partial charge in [0.05, 0.1) is 18.1 Å². The van der Waals surface area contributed by atoms with Crippen LogP contribution >= 0.6 is 0 Å². The summed E-state index contributed by atoms with van der Waals surface area (Å²) in [7, 11) is -3.54. The first-order valence-electron chi connectivity index (χ1n) is 9.70. The number of anilines is 1. The Morgan fingerprint density at radius 3 is 2.24 bits per heavy atom. The molecule has 1 saturated heterocycles. The summed E-state index contributed by atoms with van der Waals surface area (Å²) in [5, 5.41) is 2.82. The molecule has 1 aliphatic heterocycles. The summed E-state index contributed by atoms with van der Waals surface area (Å²) in [5.41, 5.74) is 0.245. The van der Waals surface area contributed by atoms with Crippen molar-refractivity contribution in [2.75, 3.05) is 31.6 Å². The zero-order valence-electron chi connectivity index (χ0n) is 17.0. The fourth-order valence-electron chi connectivity index (χ4n) is 3.01. The molecular weight excluding hydrogens is 396 g/mol. The Morgan fingerprint density at radius 2 is 1.72 bits per heavy atom. The summed E-state index contributed by atoms with van der Waals surface area (Å²) < 4.78 is 36.9. The number of ether oxygens (including phenoxy) is 2. The van der Waals surface area contributed by atoms with E-state index in [0.29, 0.717) is 24.7 Å². The van der Waals surface area contributed by atoms with E-state index in [0.717, 1.165) is 12.8 Å². The number of sulfonamides is 1. The van der Waals surface area contributed by atoms with Gasteiger partial charge in [0.25, 0.3) is 0 Å². The maximum absolute atomic E-state index is 12.8. The molecule has 0 spiro atoms. The van der Waals surface area contributed by atoms with Crippen molar-refractivity contribution in [1.29, 1.82) is 0 Å². The van der Waals surface area contributed by atoms with Crippen LogP contribution in [0.3, 0.4) is 0 Å². The van der Waals surface area contributed by atoms with Crippen molar-refractivity contribution in [2.45, 2.75) is 38.5 Å². The molecule has 1 heterocycles. The van der Waals surface area contributed by atoms with Crippen LogP contribution in [0.4, 0.5) is 5.69 Å². The molecule has 1 atom stereocenters. The van der Waals surface area contributed by atoms with Crippen LogP contribution in [-0.4, -0.2) is 51.0 Å². The number of nitrogens with zero attached hydrogens (tertiary/aromatic N) is 1. The normalized spacial score (nSPS) is 17.3. The van der Waals surface area contributed by atoms with E-state index < -0.39 is 22.0 Å². The van der Waals surface area contributed by atoms with Crippen molar-refractivity contribution in [3.05, 3.63) is 36.0 Å². The van der Waals surface area contributed by atoms with E-state index in [1.54, 1.807) is 26.0 Å². The third-order valence-corrected chi connectivity index (χ3v) is 6.37. The molecule has 0 bridgehead atoms. The number of esters is 2. The Hall–Kier alpha value is -2.39. The highest BCUT2D eigenvalue weighted by Crippen LogP contribution is 2.24. The first kappa shape index (κ1) is 22.9. The second kappa shape index (κ2) is 10.4. The van der Waals surface area contributed by atoms with Crippen LogP contribution in [0, 0.1) is 5.92 Å². The first-order chi connectivity index (χ1) is 13.8. The highest BCUT2D eigenvalue weighted by Gasteiger charge is 2.28. The van der Waals surface area contributed by atoms with Gasteiger partial charge in [0.1, 0.15) is 0 Å². The number of benzene rings is 1. The zero-order valence-corrected chi connectivity index (χ0v) is 17.8. The minimum Gasteiger partial charge on any atom is -0.462 e. The van der Waals surface area contributed by atoms with Crippen molar-refractivity contribution in [2.24, 2.45) is 5.92 Å². The molecule has 0 aliphatic carbocycles. The van der Waals surface area contributed by atoms with Crippen LogP contribution in [-0.2, 0) is 29.1 Å². The molecule has 29 heavy (non-hydrogen) atoms. The number of hydrogen-bond donors (Lipinski definition) is 1. The Balaban J connectivity index is 2.15. The van der Waals surface area contributed by atoms with Crippen molar-refractivity contribution < 1.29 is 27.5 Å². The van der Waals surface area contributed by atoms with Crippen molar-refractivity contribution >= 4 is 27.6 Å². The maximum atomic E-state index is 12.8. The average molecular weight is 425 g/mol. The van der Waals surface area contributed by atoms with E-state index in [1.807, 2.05) is 6.92 Å². The molecule has 1 aliphatic rings. The van der Waals surface area contributed by atoms with Gasteiger partial charge < -0.3 is 14.8 Å². The zero-order chi connectivity index (χ0) is 21.4. The predicted molar refractivity (Wildman–Crippen MR) is 109 cm³/mol. The number of piperidine rings is 1. The van der Waals surface area contributed by atoms with E-state index in [1.165, 1.54) is 22.6 Å². The SMILES string of the molecule is CCOC(=O)C(=CNc1ccc(S(=O)(=O)N2CCC[C@H](C)C2)cc1)C(=O)OCC. The van der Waals surface area contributed by atoms with Crippen LogP contribution in [0.1, 0.15) is 33.6 Å². The second-order valence-electron chi connectivity index (χ2n) is 6.78. The minimum atomic E-state index is -3.54. The molecule has 160 valence electrons. The van der Waals surface area contributed by atoms with E-state index in [9.17, 15) is 18.0 Å². The van der Waals surface area contributed by atoms with Gasteiger partial charge in [-0.15, -0.1) is 0 Å². The molecule has 1 aromatic rings. The number of rotatable bonds is 8. The Bertz CT molecular complexity index is 828. The van der Waals surface area contributed by atoms with Gasteiger partial charge in [-0.2, -0.15) is 4.31 Å². The van der Waals surface area contributed by atoms with Gasteiger partial charge in [-0.25, -0.2) is 18.0 Å². The van der Waals surface area contributed by atoms with Gasteiger partial charge in [0.15, 0.2) is 5.57 Å². The Kier molecular flexibility index (Phi) is 8.21. The quantitative estimate of drug-likeness (QED) is 0.296. The smallest absolute Gasteiger partial charge is 0.347 e. The third-order valence-electron chi connectivity index (χ3n) is 4.49. The van der Waals surface area contributed by atoms with Crippen molar-refractivity contribution in [3.63, 3.8) is 0 Å². The van der Waals surface area contributed by atoms with Gasteiger partial charge in [0, 0.05) is 25.0 Å². The topological polar surface area (TPSA) is 102 Å². The van der Waals surface area contributed by atoms with Crippen LogP contribution < -0.4 is 5.32 Å². The molecule has 8 nitrogen and oxygen atoms in total. The van der Waals surface area contributed by atoms with Crippen LogP contribution in [0.2, 0.25) is 0 Å². The molecule has 2 rings (SSSR count). The Labute approximate surface area is 171 Å². The molecule has 1 N–H and O–H groups in total. The molecule has 0 radical (unpaired) electrons. The summed E-state index contributed by atoms with van der Waals surface area (Å²) in [5.74, 6) is -1.25. The first-order valence-corrected chi connectivity index (χ1v) is 11.1. The molecule has 0 saturated carbocycles. The van der Waals surface area contributed by atoms with Crippen LogP contribution in [0.15, 0.2) is 40.9 Å². The van der Waals surface area contributed by atoms with E-state index >= 15 is 0 Å². The van der Waals surface area contributed by atoms with Gasteiger partial charge in [-0.1, -0.05) is 6.92 Å². The van der Waals surface area contributed by atoms with Crippen molar-refractivity contribution in [1.82, 2.24) is 4.31 Å². The third kappa shape index (κ3) is 6.04. The monoisotopic (exact) mass is 424 g/mol. The molecular formula is C20H28N2O6S. The van der Waals surface area contributed by atoms with Crippen LogP contribution in [0.5, 0.6) is 0 Å². The lowest BCUT2D eigenvalue weighted by molar-refractivity contribution is -0.146. The lowest BCUT2D eigenvalue weighted by Crippen LogP contribution is -2.39. The summed E-state index contributed by atoms with van der Waals surface area (Å²) in [6.07, 6.45) is 3.09. The number of nitrogens with one attached hydrogen (secondary N) is 1. The van der Waals surface area contributed by atoms with Gasteiger partial charge in [-0.3, -0.25) is 0 Å². The summed E-state index contributed by atoms with van der Waals surface area (Å²) in [6.45, 7) is 6.61. The van der Waals surface area contributed by atoms with E-state index in [4.69, 9.17) is 9.47 Å². The molecule has 9 heteroatoms. The molecule has 0 amide bonds. The molecule has 1 aromatic carbocycles. The second-order valence-corrected chi connectivity index (χ2v) is 8.72. The number of hydrogen-bond acceptors (Lipinski definition) is 7. The molecule has 0 unspecified atom stereocenters. The van der Waals surface area contributed by atoms with Gasteiger partial charge >= 0.3 is 11.9 Å².